The van der Waals surface area contributed by atoms with Crippen molar-refractivity contribution in [1.82, 2.24) is 0 Å². The minimum atomic E-state index is -0.450. The molecule has 0 aliphatic rings. The second kappa shape index (κ2) is 5.89. The minimum absolute atomic E-state index is 0.101. The smallest absolute Gasteiger partial charge is 0.242 e. The van der Waals surface area contributed by atoms with E-state index in [4.69, 9.17) is 0 Å². The number of carbonyl (C=O) groups is 1. The summed E-state index contributed by atoms with van der Waals surface area (Å²) in [5.74, 6) is -0.115. The van der Waals surface area contributed by atoms with E-state index in [1.807, 2.05) is 30.3 Å². The number of anilines is 1. The molecule has 0 bridgehead atoms. The predicted octanol–water partition coefficient (Wildman–Crippen LogP) is 3.78. The van der Waals surface area contributed by atoms with Crippen LogP contribution in [0.3, 0.4) is 0 Å². The van der Waals surface area contributed by atoms with Gasteiger partial charge in [-0.05, 0) is 24.1 Å². The number of phenols is 1. The first-order chi connectivity index (χ1) is 9.09. The number of para-hydroxylation sites is 1. The molecule has 2 rings (SSSR count). The molecule has 19 heavy (non-hydrogen) atoms. The van der Waals surface area contributed by atoms with Gasteiger partial charge >= 0.3 is 0 Å². The molecule has 0 aliphatic heterocycles. The number of aromatic hydroxyl groups is 1. The predicted molar refractivity (Wildman–Crippen MR) is 79.6 cm³/mol. The van der Waals surface area contributed by atoms with Gasteiger partial charge < -0.3 is 10.4 Å². The highest BCUT2D eigenvalue weighted by Crippen LogP contribution is 2.29. The van der Waals surface area contributed by atoms with E-state index >= 15 is 0 Å². The molecule has 1 amide bonds. The number of carbonyl (C=O) groups excluding carboxylic acids is 1. The first kappa shape index (κ1) is 13.6. The number of benzene rings is 2. The maximum Gasteiger partial charge on any atom is 0.242 e. The molecule has 0 radical (unpaired) electrons. The van der Waals surface area contributed by atoms with Crippen LogP contribution in [0.2, 0.25) is 0 Å². The Hall–Kier alpha value is -1.81. The number of phenolic OH excluding ortho intramolecular Hbond substituents is 1. The van der Waals surface area contributed by atoms with Gasteiger partial charge in [0.25, 0.3) is 0 Å². The van der Waals surface area contributed by atoms with Crippen LogP contribution >= 0.6 is 15.9 Å². The van der Waals surface area contributed by atoms with Crippen molar-refractivity contribution in [1.29, 1.82) is 0 Å². The van der Waals surface area contributed by atoms with Crippen LogP contribution < -0.4 is 5.32 Å². The molecule has 4 heteroatoms. The lowest BCUT2D eigenvalue weighted by Crippen LogP contribution is -2.17. The van der Waals surface area contributed by atoms with Crippen molar-refractivity contribution in [3.63, 3.8) is 0 Å². The summed E-state index contributed by atoms with van der Waals surface area (Å²) in [6, 6.07) is 14.6. The monoisotopic (exact) mass is 319 g/mol. The van der Waals surface area contributed by atoms with E-state index in [-0.39, 0.29) is 11.7 Å². The summed E-state index contributed by atoms with van der Waals surface area (Å²) in [5.41, 5.74) is 2.01. The summed E-state index contributed by atoms with van der Waals surface area (Å²) in [5, 5.41) is 12.6. The third-order valence-corrected chi connectivity index (χ3v) is 3.76. The average Bonchev–Trinajstić information content (AvgIpc) is 2.44. The van der Waals surface area contributed by atoms with E-state index in [0.717, 1.165) is 11.1 Å². The van der Waals surface area contributed by atoms with Gasteiger partial charge in [-0.1, -0.05) is 58.4 Å². The van der Waals surface area contributed by atoms with E-state index in [1.165, 1.54) is 0 Å². The summed E-state index contributed by atoms with van der Waals surface area (Å²) in [4.78, 5) is 11.7. The highest BCUT2D eigenvalue weighted by Gasteiger charge is 2.18. The Balaban J connectivity index is 2.15. The third-order valence-electron chi connectivity index (χ3n) is 2.82. The Morgan fingerprint density at radius 3 is 2.53 bits per heavy atom. The summed E-state index contributed by atoms with van der Waals surface area (Å²) in [6.45, 7) is 1.79. The quantitative estimate of drug-likeness (QED) is 0.668. The van der Waals surface area contributed by atoms with Gasteiger partial charge in [-0.25, -0.2) is 0 Å². The zero-order chi connectivity index (χ0) is 13.8. The Kier molecular flexibility index (Phi) is 4.22. The molecular weight excluding hydrogens is 306 g/mol. The number of hydrogen-bond acceptors (Lipinski definition) is 2. The van der Waals surface area contributed by atoms with Crippen molar-refractivity contribution in [2.75, 3.05) is 5.32 Å². The highest BCUT2D eigenvalue weighted by atomic mass is 79.9. The van der Waals surface area contributed by atoms with Crippen molar-refractivity contribution in [3.05, 3.63) is 59.7 Å². The van der Waals surface area contributed by atoms with Crippen LogP contribution in [0.1, 0.15) is 16.0 Å². The normalized spacial score (nSPS) is 11.9. The average molecular weight is 320 g/mol. The van der Waals surface area contributed by atoms with Crippen molar-refractivity contribution in [2.45, 2.75) is 11.8 Å². The Labute approximate surface area is 120 Å². The molecule has 0 saturated carbocycles. The fraction of sp³-hybridized carbons (Fsp3) is 0.133. The van der Waals surface area contributed by atoms with E-state index in [1.54, 1.807) is 25.1 Å². The van der Waals surface area contributed by atoms with Crippen LogP contribution in [0.5, 0.6) is 5.75 Å². The number of halogens is 1. The van der Waals surface area contributed by atoms with Gasteiger partial charge in [0, 0.05) is 0 Å². The van der Waals surface area contributed by atoms with Crippen LogP contribution in [0, 0.1) is 6.92 Å². The molecule has 0 fully saturated rings. The number of amides is 1. The summed E-state index contributed by atoms with van der Waals surface area (Å²) in [7, 11) is 0. The molecule has 0 heterocycles. The first-order valence-corrected chi connectivity index (χ1v) is 6.79. The van der Waals surface area contributed by atoms with Crippen LogP contribution in [-0.4, -0.2) is 11.0 Å². The summed E-state index contributed by atoms with van der Waals surface area (Å²) in [6.07, 6.45) is 0. The molecule has 98 valence electrons. The second-order valence-corrected chi connectivity index (χ2v) is 5.15. The molecular formula is C15H14BrNO2. The second-order valence-electron chi connectivity index (χ2n) is 4.23. The first-order valence-electron chi connectivity index (χ1n) is 5.88. The number of nitrogens with one attached hydrogen (secondary N) is 1. The topological polar surface area (TPSA) is 49.3 Å². The van der Waals surface area contributed by atoms with E-state index in [0.29, 0.717) is 5.69 Å². The van der Waals surface area contributed by atoms with Crippen LogP contribution in [0.4, 0.5) is 5.69 Å². The SMILES string of the molecule is Cc1cccc(NC(=O)C(Br)c2ccccc2)c1O. The maximum atomic E-state index is 12.1. The minimum Gasteiger partial charge on any atom is -0.505 e. The van der Waals surface area contributed by atoms with Gasteiger partial charge in [0.2, 0.25) is 5.91 Å². The Morgan fingerprint density at radius 1 is 1.16 bits per heavy atom. The lowest BCUT2D eigenvalue weighted by molar-refractivity contribution is -0.115. The molecule has 0 aromatic heterocycles. The number of aryl methyl sites for hydroxylation is 1. The van der Waals surface area contributed by atoms with Gasteiger partial charge in [0.1, 0.15) is 10.6 Å². The van der Waals surface area contributed by atoms with Gasteiger partial charge in [0.05, 0.1) is 5.69 Å². The number of alkyl halides is 1. The molecule has 0 aliphatic carbocycles. The van der Waals surface area contributed by atoms with Gasteiger partial charge in [0.15, 0.2) is 0 Å². The summed E-state index contributed by atoms with van der Waals surface area (Å²) < 4.78 is 0. The molecule has 1 atom stereocenters. The van der Waals surface area contributed by atoms with Crippen molar-refractivity contribution < 1.29 is 9.90 Å². The molecule has 2 N–H and O–H groups in total. The van der Waals surface area contributed by atoms with Crippen LogP contribution in [0.25, 0.3) is 0 Å². The number of rotatable bonds is 3. The largest absolute Gasteiger partial charge is 0.505 e. The van der Waals surface area contributed by atoms with Gasteiger partial charge in [-0.2, -0.15) is 0 Å². The maximum absolute atomic E-state index is 12.1. The zero-order valence-corrected chi connectivity index (χ0v) is 12.0. The summed E-state index contributed by atoms with van der Waals surface area (Å²) >= 11 is 3.36. The van der Waals surface area contributed by atoms with Crippen molar-refractivity contribution >= 4 is 27.5 Å². The van der Waals surface area contributed by atoms with E-state index in [9.17, 15) is 9.90 Å². The Bertz CT molecular complexity index is 584. The molecule has 2 aromatic carbocycles. The van der Waals surface area contributed by atoms with Crippen molar-refractivity contribution in [2.24, 2.45) is 0 Å². The molecule has 1 unspecified atom stereocenters. The van der Waals surface area contributed by atoms with Crippen molar-refractivity contribution in [3.8, 4) is 5.75 Å². The van der Waals surface area contributed by atoms with Gasteiger partial charge in [-0.3, -0.25) is 4.79 Å². The van der Waals surface area contributed by atoms with E-state index in [2.05, 4.69) is 21.2 Å². The fourth-order valence-electron chi connectivity index (χ4n) is 1.73. The third kappa shape index (κ3) is 3.15. The lowest BCUT2D eigenvalue weighted by atomic mass is 10.1. The van der Waals surface area contributed by atoms with Crippen LogP contribution in [0.15, 0.2) is 48.5 Å². The Morgan fingerprint density at radius 2 is 1.84 bits per heavy atom. The number of hydrogen-bond donors (Lipinski definition) is 2. The zero-order valence-electron chi connectivity index (χ0n) is 10.4. The standard InChI is InChI=1S/C15H14BrNO2/c1-10-6-5-9-12(14(10)18)17-15(19)13(16)11-7-3-2-4-8-11/h2-9,13,18H,1H3,(H,17,19). The molecule has 0 spiro atoms. The van der Waals surface area contributed by atoms with E-state index < -0.39 is 4.83 Å². The fourth-order valence-corrected chi connectivity index (χ4v) is 2.15. The van der Waals surface area contributed by atoms with Crippen LogP contribution in [-0.2, 0) is 4.79 Å². The molecule has 2 aromatic rings. The lowest BCUT2D eigenvalue weighted by Gasteiger charge is -2.13. The highest BCUT2D eigenvalue weighted by molar-refractivity contribution is 9.09. The van der Waals surface area contributed by atoms with Gasteiger partial charge in [-0.15, -0.1) is 0 Å². The molecule has 3 nitrogen and oxygen atoms in total. The molecule has 0 saturated heterocycles.